The molecule has 0 spiro atoms. The Labute approximate surface area is 99.1 Å². The van der Waals surface area contributed by atoms with Crippen molar-refractivity contribution in [2.24, 2.45) is 0 Å². The first-order valence-electron chi connectivity index (χ1n) is 5.36. The molecule has 0 aromatic heterocycles. The molecular formula is C12H16BrNO. The van der Waals surface area contributed by atoms with Crippen LogP contribution in [0.2, 0.25) is 0 Å². The lowest BCUT2D eigenvalue weighted by molar-refractivity contribution is 0.0664. The molecule has 0 amide bonds. The molecule has 82 valence electrons. The van der Waals surface area contributed by atoms with Crippen LogP contribution in [-0.2, 0) is 4.74 Å². The lowest BCUT2D eigenvalue weighted by atomic mass is 10.1. The van der Waals surface area contributed by atoms with E-state index in [2.05, 4.69) is 46.4 Å². The predicted molar refractivity (Wildman–Crippen MR) is 64.9 cm³/mol. The van der Waals surface area contributed by atoms with Crippen molar-refractivity contribution < 1.29 is 4.74 Å². The van der Waals surface area contributed by atoms with Crippen LogP contribution in [0.1, 0.15) is 25.0 Å². The first kappa shape index (κ1) is 11.1. The third-order valence-electron chi connectivity index (χ3n) is 2.74. The summed E-state index contributed by atoms with van der Waals surface area (Å²) in [6, 6.07) is 8.89. The summed E-state index contributed by atoms with van der Waals surface area (Å²) in [5.74, 6) is 0. The maximum atomic E-state index is 5.83. The van der Waals surface area contributed by atoms with E-state index in [-0.39, 0.29) is 6.10 Å². The third kappa shape index (κ3) is 3.03. The van der Waals surface area contributed by atoms with Gasteiger partial charge in [0.05, 0.1) is 6.10 Å². The minimum atomic E-state index is 0.187. The summed E-state index contributed by atoms with van der Waals surface area (Å²) in [5, 5.41) is 3.47. The fourth-order valence-electron chi connectivity index (χ4n) is 1.78. The molecule has 2 unspecified atom stereocenters. The van der Waals surface area contributed by atoms with E-state index in [1.54, 1.807) is 0 Å². The minimum Gasteiger partial charge on any atom is -0.372 e. The second kappa shape index (κ2) is 5.10. The fourth-order valence-corrected chi connectivity index (χ4v) is 2.19. The van der Waals surface area contributed by atoms with Crippen LogP contribution >= 0.6 is 15.9 Å². The highest BCUT2D eigenvalue weighted by Gasteiger charge is 2.17. The van der Waals surface area contributed by atoms with E-state index in [1.165, 1.54) is 5.56 Å². The molecule has 1 saturated heterocycles. The van der Waals surface area contributed by atoms with E-state index >= 15 is 0 Å². The van der Waals surface area contributed by atoms with E-state index in [0.717, 1.165) is 24.0 Å². The predicted octanol–water partition coefficient (Wildman–Crippen LogP) is 2.89. The molecule has 0 radical (unpaired) electrons. The van der Waals surface area contributed by atoms with E-state index < -0.39 is 0 Å². The summed E-state index contributed by atoms with van der Waals surface area (Å²) in [7, 11) is 0. The van der Waals surface area contributed by atoms with Gasteiger partial charge in [-0.05, 0) is 31.0 Å². The highest BCUT2D eigenvalue weighted by atomic mass is 79.9. The third-order valence-corrected chi connectivity index (χ3v) is 3.24. The Balaban J connectivity index is 2.09. The normalized spacial score (nSPS) is 27.3. The van der Waals surface area contributed by atoms with Crippen molar-refractivity contribution in [3.05, 3.63) is 34.3 Å². The van der Waals surface area contributed by atoms with Crippen LogP contribution in [0.15, 0.2) is 28.7 Å². The molecule has 0 bridgehead atoms. The van der Waals surface area contributed by atoms with Gasteiger partial charge in [-0.2, -0.15) is 0 Å². The molecule has 2 nitrogen and oxygen atoms in total. The van der Waals surface area contributed by atoms with Gasteiger partial charge in [0.15, 0.2) is 0 Å². The van der Waals surface area contributed by atoms with Gasteiger partial charge in [-0.25, -0.2) is 0 Å². The molecule has 1 heterocycles. The van der Waals surface area contributed by atoms with E-state index in [1.807, 2.05) is 6.07 Å². The number of benzene rings is 1. The Kier molecular flexibility index (Phi) is 3.78. The Morgan fingerprint density at radius 3 is 3.13 bits per heavy atom. The number of ether oxygens (including phenoxy) is 1. The van der Waals surface area contributed by atoms with Crippen LogP contribution in [0.25, 0.3) is 0 Å². The average Bonchev–Trinajstić information content (AvgIpc) is 2.43. The lowest BCUT2D eigenvalue weighted by Crippen LogP contribution is -2.27. The van der Waals surface area contributed by atoms with E-state index in [0.29, 0.717) is 6.04 Å². The van der Waals surface area contributed by atoms with Crippen LogP contribution in [0.3, 0.4) is 0 Å². The van der Waals surface area contributed by atoms with Crippen molar-refractivity contribution in [1.82, 2.24) is 5.32 Å². The second-order valence-corrected chi connectivity index (χ2v) is 4.93. The summed E-state index contributed by atoms with van der Waals surface area (Å²) >= 11 is 3.48. The van der Waals surface area contributed by atoms with Gasteiger partial charge in [0.2, 0.25) is 0 Å². The van der Waals surface area contributed by atoms with Gasteiger partial charge in [0.1, 0.15) is 0 Å². The minimum absolute atomic E-state index is 0.187. The second-order valence-electron chi connectivity index (χ2n) is 4.01. The largest absolute Gasteiger partial charge is 0.372 e. The smallest absolute Gasteiger partial charge is 0.0949 e. The van der Waals surface area contributed by atoms with Crippen molar-refractivity contribution >= 4 is 15.9 Å². The average molecular weight is 270 g/mol. The van der Waals surface area contributed by atoms with Crippen molar-refractivity contribution in [3.63, 3.8) is 0 Å². The molecule has 1 aliphatic rings. The number of halogens is 1. The van der Waals surface area contributed by atoms with Crippen LogP contribution < -0.4 is 5.32 Å². The fraction of sp³-hybridized carbons (Fsp3) is 0.500. The highest BCUT2D eigenvalue weighted by Crippen LogP contribution is 2.22. The first-order valence-corrected chi connectivity index (χ1v) is 6.15. The molecule has 2 rings (SSSR count). The maximum absolute atomic E-state index is 5.83. The molecule has 1 aromatic rings. The summed E-state index contributed by atoms with van der Waals surface area (Å²) in [5.41, 5.74) is 1.24. The van der Waals surface area contributed by atoms with Crippen molar-refractivity contribution in [2.75, 3.05) is 13.2 Å². The lowest BCUT2D eigenvalue weighted by Gasteiger charge is -2.15. The number of rotatable bonds is 1. The SMILES string of the molecule is CC1CCOC(c2cccc(Br)c2)CN1. The zero-order valence-electron chi connectivity index (χ0n) is 8.87. The number of hydrogen-bond acceptors (Lipinski definition) is 2. The molecule has 15 heavy (non-hydrogen) atoms. The molecule has 2 atom stereocenters. The van der Waals surface area contributed by atoms with Crippen LogP contribution in [-0.4, -0.2) is 19.2 Å². The first-order chi connectivity index (χ1) is 7.25. The highest BCUT2D eigenvalue weighted by molar-refractivity contribution is 9.10. The molecule has 1 N–H and O–H groups in total. The Bertz CT molecular complexity index is 329. The summed E-state index contributed by atoms with van der Waals surface area (Å²) < 4.78 is 6.94. The molecule has 1 aromatic carbocycles. The number of nitrogens with one attached hydrogen (secondary N) is 1. The quantitative estimate of drug-likeness (QED) is 0.847. The molecule has 1 aliphatic heterocycles. The Morgan fingerprint density at radius 1 is 1.47 bits per heavy atom. The summed E-state index contributed by atoms with van der Waals surface area (Å²) in [6.45, 7) is 3.94. The van der Waals surface area contributed by atoms with E-state index in [9.17, 15) is 0 Å². The van der Waals surface area contributed by atoms with Crippen LogP contribution in [0.5, 0.6) is 0 Å². The molecule has 3 heteroatoms. The van der Waals surface area contributed by atoms with Gasteiger partial charge < -0.3 is 10.1 Å². The Morgan fingerprint density at radius 2 is 2.33 bits per heavy atom. The van der Waals surface area contributed by atoms with Crippen LogP contribution in [0.4, 0.5) is 0 Å². The van der Waals surface area contributed by atoms with Crippen molar-refractivity contribution in [1.29, 1.82) is 0 Å². The van der Waals surface area contributed by atoms with Crippen LogP contribution in [0, 0.1) is 0 Å². The number of hydrogen-bond donors (Lipinski definition) is 1. The summed E-state index contributed by atoms with van der Waals surface area (Å²) in [6.07, 6.45) is 1.28. The zero-order valence-corrected chi connectivity index (χ0v) is 10.5. The van der Waals surface area contributed by atoms with Gasteiger partial charge in [-0.3, -0.25) is 0 Å². The standard InChI is InChI=1S/C12H16BrNO/c1-9-5-6-15-12(8-14-9)10-3-2-4-11(13)7-10/h2-4,7,9,12,14H,5-6,8H2,1H3. The van der Waals surface area contributed by atoms with Crippen molar-refractivity contribution in [3.8, 4) is 0 Å². The van der Waals surface area contributed by atoms with Gasteiger partial charge >= 0.3 is 0 Å². The zero-order chi connectivity index (χ0) is 10.7. The monoisotopic (exact) mass is 269 g/mol. The maximum Gasteiger partial charge on any atom is 0.0949 e. The molecule has 0 saturated carbocycles. The molecular weight excluding hydrogens is 254 g/mol. The molecule has 1 fully saturated rings. The topological polar surface area (TPSA) is 21.3 Å². The van der Waals surface area contributed by atoms with Gasteiger partial charge in [-0.15, -0.1) is 0 Å². The van der Waals surface area contributed by atoms with Gasteiger partial charge in [-0.1, -0.05) is 28.1 Å². The van der Waals surface area contributed by atoms with Gasteiger partial charge in [0.25, 0.3) is 0 Å². The van der Waals surface area contributed by atoms with Crippen molar-refractivity contribution in [2.45, 2.75) is 25.5 Å². The Hall–Kier alpha value is -0.380. The molecule has 0 aliphatic carbocycles. The summed E-state index contributed by atoms with van der Waals surface area (Å²) in [4.78, 5) is 0. The van der Waals surface area contributed by atoms with Gasteiger partial charge in [0, 0.05) is 23.7 Å². The van der Waals surface area contributed by atoms with E-state index in [4.69, 9.17) is 4.74 Å².